The quantitative estimate of drug-likeness (QED) is 0.782. The number of benzene rings is 2. The molecule has 0 unspecified atom stereocenters. The fraction of sp³-hybridized carbons (Fsp3) is 0.263. The van der Waals surface area contributed by atoms with Gasteiger partial charge >= 0.3 is 0 Å². The van der Waals surface area contributed by atoms with Gasteiger partial charge in [0.15, 0.2) is 0 Å². The van der Waals surface area contributed by atoms with E-state index in [4.69, 9.17) is 0 Å². The van der Waals surface area contributed by atoms with Gasteiger partial charge in [-0.3, -0.25) is 4.31 Å². The number of hydrogen-bond acceptors (Lipinski definition) is 4. The van der Waals surface area contributed by atoms with Crippen LogP contribution in [0, 0.1) is 13.8 Å². The largest absolute Gasteiger partial charge is 0.268 e. The molecule has 0 amide bonds. The summed E-state index contributed by atoms with van der Waals surface area (Å²) >= 11 is 0. The minimum absolute atomic E-state index is 0.0279. The molecule has 0 bridgehead atoms. The Labute approximate surface area is 160 Å². The molecule has 0 aliphatic carbocycles. The van der Waals surface area contributed by atoms with Crippen molar-refractivity contribution < 1.29 is 16.8 Å². The molecule has 2 aromatic rings. The van der Waals surface area contributed by atoms with Crippen molar-refractivity contribution >= 4 is 20.0 Å². The summed E-state index contributed by atoms with van der Waals surface area (Å²) in [5, 5.41) is 0. The van der Waals surface area contributed by atoms with Gasteiger partial charge < -0.3 is 0 Å². The molecule has 6 nitrogen and oxygen atoms in total. The Bertz CT molecular complexity index is 1060. The summed E-state index contributed by atoms with van der Waals surface area (Å²) in [6.07, 6.45) is 0. The van der Waals surface area contributed by atoms with Gasteiger partial charge in [0, 0.05) is 18.8 Å². The molecule has 1 aliphatic rings. The van der Waals surface area contributed by atoms with Crippen LogP contribution in [0.25, 0.3) is 0 Å². The van der Waals surface area contributed by atoms with Crippen molar-refractivity contribution in [2.45, 2.75) is 23.6 Å². The molecule has 144 valence electrons. The molecule has 0 radical (unpaired) electrons. The summed E-state index contributed by atoms with van der Waals surface area (Å²) in [6, 6.07) is 13.1. The minimum Gasteiger partial charge on any atom is -0.268 e. The molecule has 1 fully saturated rings. The zero-order valence-corrected chi connectivity index (χ0v) is 16.9. The topological polar surface area (TPSA) is 74.8 Å². The van der Waals surface area contributed by atoms with Gasteiger partial charge in [-0.25, -0.2) is 16.8 Å². The van der Waals surface area contributed by atoms with Crippen molar-refractivity contribution in [3.8, 4) is 0 Å². The monoisotopic (exact) mass is 406 g/mol. The summed E-state index contributed by atoms with van der Waals surface area (Å²) in [5.41, 5.74) is 2.16. The second-order valence-electron chi connectivity index (χ2n) is 6.61. The van der Waals surface area contributed by atoms with Crippen LogP contribution in [-0.2, 0) is 20.0 Å². The van der Waals surface area contributed by atoms with Gasteiger partial charge in [0.1, 0.15) is 0 Å². The maximum absolute atomic E-state index is 12.9. The lowest BCUT2D eigenvalue weighted by molar-refractivity contribution is 0.322. The molecule has 8 heteroatoms. The molecule has 27 heavy (non-hydrogen) atoms. The van der Waals surface area contributed by atoms with Crippen LogP contribution >= 0.6 is 0 Å². The fourth-order valence-electron chi connectivity index (χ4n) is 2.91. The van der Waals surface area contributed by atoms with Crippen LogP contribution in [0.3, 0.4) is 0 Å². The highest BCUT2D eigenvalue weighted by molar-refractivity contribution is 7.89. The highest BCUT2D eigenvalue weighted by Crippen LogP contribution is 2.26. The molecular weight excluding hydrogens is 384 g/mol. The lowest BCUT2D eigenvalue weighted by Gasteiger charge is -2.36. The third kappa shape index (κ3) is 3.78. The zero-order valence-electron chi connectivity index (χ0n) is 15.3. The van der Waals surface area contributed by atoms with Gasteiger partial charge in [-0.1, -0.05) is 42.0 Å². The average Bonchev–Trinajstić information content (AvgIpc) is 2.62. The van der Waals surface area contributed by atoms with E-state index in [1.807, 2.05) is 13.8 Å². The smallest absolute Gasteiger partial charge is 0.264 e. The van der Waals surface area contributed by atoms with Gasteiger partial charge in [0.2, 0.25) is 10.0 Å². The zero-order chi connectivity index (χ0) is 19.8. The third-order valence-electron chi connectivity index (χ3n) is 4.53. The summed E-state index contributed by atoms with van der Waals surface area (Å²) in [6.45, 7) is 7.61. The molecule has 0 spiro atoms. The van der Waals surface area contributed by atoms with E-state index in [2.05, 4.69) is 6.58 Å². The Hall–Kier alpha value is -2.16. The first-order valence-corrected chi connectivity index (χ1v) is 11.3. The maximum atomic E-state index is 12.9. The van der Waals surface area contributed by atoms with Gasteiger partial charge in [0.05, 0.1) is 16.3 Å². The number of hydrogen-bond donors (Lipinski definition) is 0. The van der Waals surface area contributed by atoms with Crippen molar-refractivity contribution in [1.29, 1.82) is 0 Å². The van der Waals surface area contributed by atoms with Crippen LogP contribution in [0.1, 0.15) is 11.1 Å². The van der Waals surface area contributed by atoms with Gasteiger partial charge in [0.25, 0.3) is 10.0 Å². The van der Waals surface area contributed by atoms with Gasteiger partial charge in [-0.05, 0) is 38.1 Å². The Morgan fingerprint density at radius 3 is 1.63 bits per heavy atom. The summed E-state index contributed by atoms with van der Waals surface area (Å²) in [7, 11) is -7.45. The average molecular weight is 407 g/mol. The predicted molar refractivity (Wildman–Crippen MR) is 104 cm³/mol. The van der Waals surface area contributed by atoms with Crippen LogP contribution in [-0.4, -0.2) is 45.1 Å². The van der Waals surface area contributed by atoms with Gasteiger partial charge in [-0.15, -0.1) is 0 Å². The highest BCUT2D eigenvalue weighted by Gasteiger charge is 2.35. The lowest BCUT2D eigenvalue weighted by atomic mass is 10.2. The van der Waals surface area contributed by atoms with Crippen molar-refractivity contribution in [2.75, 3.05) is 19.6 Å². The van der Waals surface area contributed by atoms with E-state index in [0.717, 1.165) is 11.1 Å². The summed E-state index contributed by atoms with van der Waals surface area (Å²) in [5.74, 6) is 0. The molecule has 0 N–H and O–H groups in total. The first-order chi connectivity index (χ1) is 12.6. The Balaban J connectivity index is 1.82. The van der Waals surface area contributed by atoms with E-state index < -0.39 is 20.0 Å². The first kappa shape index (κ1) is 19.6. The van der Waals surface area contributed by atoms with Gasteiger partial charge in [-0.2, -0.15) is 4.31 Å². The predicted octanol–water partition coefficient (Wildman–Crippen LogP) is 2.51. The Morgan fingerprint density at radius 2 is 1.19 bits per heavy atom. The minimum atomic E-state index is -3.75. The number of aryl methyl sites for hydroxylation is 2. The molecule has 0 saturated carbocycles. The third-order valence-corrected chi connectivity index (χ3v) is 8.28. The standard InChI is InChI=1S/C19H22N2O4S2/c1-15-4-8-18(9-5-15)26(22,23)20-12-13-21(17(3)14-20)27(24,25)19-10-6-16(2)7-11-19/h4-11H,3,12-14H2,1-2H3. The molecular formula is C19H22N2O4S2. The van der Waals surface area contributed by atoms with Crippen molar-refractivity contribution in [3.63, 3.8) is 0 Å². The number of piperazine rings is 1. The molecule has 3 rings (SSSR count). The number of rotatable bonds is 4. The SMILES string of the molecule is C=C1CN(S(=O)(=O)c2ccc(C)cc2)CCN1S(=O)(=O)c1ccc(C)cc1. The molecule has 0 aromatic heterocycles. The van der Waals surface area contributed by atoms with Crippen molar-refractivity contribution in [2.24, 2.45) is 0 Å². The molecule has 1 saturated heterocycles. The maximum Gasteiger partial charge on any atom is 0.264 e. The second kappa shape index (κ2) is 7.10. The second-order valence-corrected chi connectivity index (χ2v) is 10.4. The van der Waals surface area contributed by atoms with E-state index in [1.165, 1.54) is 8.61 Å². The highest BCUT2D eigenvalue weighted by atomic mass is 32.2. The fourth-order valence-corrected chi connectivity index (χ4v) is 5.79. The Morgan fingerprint density at radius 1 is 0.741 bits per heavy atom. The molecule has 1 heterocycles. The number of sulfonamides is 2. The van der Waals surface area contributed by atoms with Crippen LogP contribution in [0.2, 0.25) is 0 Å². The van der Waals surface area contributed by atoms with Crippen molar-refractivity contribution in [3.05, 3.63) is 71.9 Å². The molecule has 0 atom stereocenters. The molecule has 2 aromatic carbocycles. The lowest BCUT2D eigenvalue weighted by Crippen LogP contribution is -2.48. The Kier molecular flexibility index (Phi) is 5.16. The van der Waals surface area contributed by atoms with Crippen LogP contribution in [0.5, 0.6) is 0 Å². The summed E-state index contributed by atoms with van der Waals surface area (Å²) < 4.78 is 53.8. The number of nitrogens with zero attached hydrogens (tertiary/aromatic N) is 2. The molecule has 1 aliphatic heterocycles. The summed E-state index contributed by atoms with van der Waals surface area (Å²) in [4.78, 5) is 0.361. The van der Waals surface area contributed by atoms with Crippen molar-refractivity contribution in [1.82, 2.24) is 8.61 Å². The first-order valence-electron chi connectivity index (χ1n) is 8.46. The van der Waals surface area contributed by atoms with E-state index >= 15 is 0 Å². The van der Waals surface area contributed by atoms with E-state index in [0.29, 0.717) is 0 Å². The van der Waals surface area contributed by atoms with E-state index in [9.17, 15) is 16.8 Å². The van der Waals surface area contributed by atoms with E-state index in [1.54, 1.807) is 48.5 Å². The van der Waals surface area contributed by atoms with Crippen LogP contribution < -0.4 is 0 Å². The van der Waals surface area contributed by atoms with Crippen LogP contribution in [0.15, 0.2) is 70.6 Å². The van der Waals surface area contributed by atoms with E-state index in [-0.39, 0.29) is 35.1 Å². The normalized spacial score (nSPS) is 16.5. The van der Waals surface area contributed by atoms with Crippen LogP contribution in [0.4, 0.5) is 0 Å².